The van der Waals surface area contributed by atoms with Crippen LogP contribution in [0.15, 0.2) is 53.1 Å². The number of rotatable bonds is 7. The molecule has 0 unspecified atom stereocenters. The molecule has 2 aromatic carbocycles. The van der Waals surface area contributed by atoms with E-state index in [9.17, 15) is 23.7 Å². The fourth-order valence-electron chi connectivity index (χ4n) is 4.11. The quantitative estimate of drug-likeness (QED) is 0.600. The molecule has 3 rings (SSSR count). The van der Waals surface area contributed by atoms with Crippen molar-refractivity contribution in [2.45, 2.75) is 44.5 Å². The first-order valence-corrected chi connectivity index (χ1v) is 11.6. The zero-order valence-electron chi connectivity index (χ0n) is 16.8. The summed E-state index contributed by atoms with van der Waals surface area (Å²) in [5, 5.41) is 31.1. The molecule has 1 aliphatic heterocycles. The Balaban J connectivity index is 1.79. The number of phenolic OH excluding ortho intramolecular Hbond substituents is 1. The fraction of sp³-hybridized carbons (Fsp3) is 0.391. The van der Waals surface area contributed by atoms with E-state index in [0.29, 0.717) is 24.8 Å². The van der Waals surface area contributed by atoms with Gasteiger partial charge in [-0.3, -0.25) is 0 Å². The maximum absolute atomic E-state index is 12.3. The minimum absolute atomic E-state index is 0.0740. The average Bonchev–Trinajstić information content (AvgIpc) is 2.98. The molecule has 0 bridgehead atoms. The third-order valence-electron chi connectivity index (χ3n) is 5.66. The third-order valence-corrected chi connectivity index (χ3v) is 7.69. The lowest BCUT2D eigenvalue weighted by atomic mass is 9.94. The maximum Gasteiger partial charge on any atom is 0.163 e. The average molecular weight is 417 g/mol. The summed E-state index contributed by atoms with van der Waals surface area (Å²) < 4.78 is 24.5. The molecule has 6 heteroatoms. The van der Waals surface area contributed by atoms with Crippen molar-refractivity contribution in [1.29, 1.82) is 0 Å². The van der Waals surface area contributed by atoms with Gasteiger partial charge in [-0.05, 0) is 48.8 Å². The van der Waals surface area contributed by atoms with Crippen molar-refractivity contribution in [3.05, 3.63) is 58.7 Å². The summed E-state index contributed by atoms with van der Waals surface area (Å²) in [6, 6.07) is 11.2. The molecule has 1 heterocycles. The van der Waals surface area contributed by atoms with Crippen molar-refractivity contribution < 1.29 is 23.7 Å². The lowest BCUT2D eigenvalue weighted by Gasteiger charge is -2.19. The van der Waals surface area contributed by atoms with E-state index in [-0.39, 0.29) is 11.5 Å². The Morgan fingerprint density at radius 3 is 2.55 bits per heavy atom. The van der Waals surface area contributed by atoms with Crippen LogP contribution in [0.3, 0.4) is 0 Å². The highest BCUT2D eigenvalue weighted by molar-refractivity contribution is 7.92. The molecule has 29 heavy (non-hydrogen) atoms. The van der Waals surface area contributed by atoms with E-state index in [1.807, 2.05) is 50.3 Å². The molecule has 0 radical (unpaired) electrons. The van der Waals surface area contributed by atoms with Crippen LogP contribution in [0.4, 0.5) is 0 Å². The number of allylic oxidation sites excluding steroid dienone is 1. The summed E-state index contributed by atoms with van der Waals surface area (Å²) in [5.41, 5.74) is 3.23. The Hall–Kier alpha value is -2.15. The number of fused-ring (bicyclic) bond motifs is 1. The summed E-state index contributed by atoms with van der Waals surface area (Å²) in [5.74, 6) is 0.164. The minimum Gasteiger partial charge on any atom is -0.507 e. The summed E-state index contributed by atoms with van der Waals surface area (Å²) in [7, 11) is -3.43. The molecule has 0 aliphatic carbocycles. The largest absolute Gasteiger partial charge is 0.507 e. The van der Waals surface area contributed by atoms with Crippen LogP contribution in [0, 0.1) is 0 Å². The van der Waals surface area contributed by atoms with Crippen LogP contribution in [0.25, 0.3) is 16.8 Å². The van der Waals surface area contributed by atoms with Crippen molar-refractivity contribution in [2.75, 3.05) is 12.4 Å². The SMILES string of the molecule is CCC1=C([C@H](O)CC/C(C)=C/c2ccc(O)c3ccccc23)[C@H](CO)S(=O)(=O)C1. The molecule has 156 valence electrons. The first kappa shape index (κ1) is 21.6. The molecule has 0 amide bonds. The van der Waals surface area contributed by atoms with Gasteiger partial charge < -0.3 is 15.3 Å². The van der Waals surface area contributed by atoms with Crippen LogP contribution in [-0.2, 0) is 9.84 Å². The van der Waals surface area contributed by atoms with Gasteiger partial charge in [0.2, 0.25) is 0 Å². The highest BCUT2D eigenvalue weighted by Gasteiger charge is 2.40. The first-order valence-electron chi connectivity index (χ1n) is 9.88. The number of aliphatic hydroxyl groups is 2. The van der Waals surface area contributed by atoms with Gasteiger partial charge in [-0.25, -0.2) is 8.42 Å². The smallest absolute Gasteiger partial charge is 0.163 e. The van der Waals surface area contributed by atoms with Gasteiger partial charge in [-0.15, -0.1) is 0 Å². The molecular weight excluding hydrogens is 388 g/mol. The van der Waals surface area contributed by atoms with Gasteiger partial charge >= 0.3 is 0 Å². The Bertz CT molecular complexity index is 1070. The number of aliphatic hydroxyl groups excluding tert-OH is 2. The molecule has 5 nitrogen and oxygen atoms in total. The van der Waals surface area contributed by atoms with E-state index in [2.05, 4.69) is 0 Å². The van der Waals surface area contributed by atoms with E-state index >= 15 is 0 Å². The van der Waals surface area contributed by atoms with Crippen LogP contribution >= 0.6 is 0 Å². The maximum atomic E-state index is 12.3. The van der Waals surface area contributed by atoms with Gasteiger partial charge in [-0.1, -0.05) is 54.5 Å². The van der Waals surface area contributed by atoms with Gasteiger partial charge in [0, 0.05) is 5.39 Å². The van der Waals surface area contributed by atoms with Gasteiger partial charge in [0.15, 0.2) is 9.84 Å². The minimum atomic E-state index is -3.43. The molecule has 0 spiro atoms. The van der Waals surface area contributed by atoms with Crippen molar-refractivity contribution >= 4 is 26.7 Å². The molecule has 0 saturated heterocycles. The van der Waals surface area contributed by atoms with Crippen LogP contribution in [0.1, 0.15) is 38.7 Å². The Kier molecular flexibility index (Phi) is 6.46. The lowest BCUT2D eigenvalue weighted by Crippen LogP contribution is -2.29. The first-order chi connectivity index (χ1) is 13.8. The molecular formula is C23H28O5S. The topological polar surface area (TPSA) is 94.8 Å². The zero-order chi connectivity index (χ0) is 21.2. The number of sulfone groups is 1. The normalized spacial score (nSPS) is 20.4. The summed E-state index contributed by atoms with van der Waals surface area (Å²) >= 11 is 0. The second kappa shape index (κ2) is 8.69. The number of aromatic hydroxyl groups is 1. The van der Waals surface area contributed by atoms with Crippen molar-refractivity contribution in [1.82, 2.24) is 0 Å². The standard InChI is InChI=1S/C23H28O5S/c1-3-16-14-29(27,28)22(13-24)23(16)21(26)10-8-15(2)12-17-9-11-20(25)19-7-5-4-6-18(17)19/h4-7,9,11-12,21-22,24-26H,3,8,10,13-14H2,1-2H3/b15-12+/t21-,22+/m1/s1. The summed E-state index contributed by atoms with van der Waals surface area (Å²) in [6.45, 7) is 3.35. The molecule has 0 saturated carbocycles. The second-order valence-corrected chi connectivity index (χ2v) is 9.84. The van der Waals surface area contributed by atoms with Gasteiger partial charge in [0.25, 0.3) is 0 Å². The van der Waals surface area contributed by atoms with E-state index in [1.165, 1.54) is 0 Å². The molecule has 3 N–H and O–H groups in total. The predicted molar refractivity (Wildman–Crippen MR) is 116 cm³/mol. The summed E-state index contributed by atoms with van der Waals surface area (Å²) in [6.07, 6.45) is 2.67. The van der Waals surface area contributed by atoms with Crippen LogP contribution < -0.4 is 0 Å². The van der Waals surface area contributed by atoms with E-state index in [4.69, 9.17) is 0 Å². The molecule has 2 atom stereocenters. The third kappa shape index (κ3) is 4.39. The highest BCUT2D eigenvalue weighted by atomic mass is 32.2. The Labute approximate surface area is 171 Å². The van der Waals surface area contributed by atoms with Gasteiger partial charge in [0.1, 0.15) is 11.0 Å². The number of phenols is 1. The van der Waals surface area contributed by atoms with Crippen LogP contribution in [0.5, 0.6) is 5.75 Å². The highest BCUT2D eigenvalue weighted by Crippen LogP contribution is 2.34. The number of hydrogen-bond acceptors (Lipinski definition) is 5. The molecule has 0 fully saturated rings. The van der Waals surface area contributed by atoms with Crippen LogP contribution in [-0.4, -0.2) is 47.5 Å². The van der Waals surface area contributed by atoms with E-state index in [0.717, 1.165) is 27.5 Å². The molecule has 0 aromatic heterocycles. The van der Waals surface area contributed by atoms with Gasteiger partial charge in [-0.2, -0.15) is 0 Å². The zero-order valence-corrected chi connectivity index (χ0v) is 17.6. The monoisotopic (exact) mass is 416 g/mol. The molecule has 1 aliphatic rings. The summed E-state index contributed by atoms with van der Waals surface area (Å²) in [4.78, 5) is 0. The van der Waals surface area contributed by atoms with Crippen LogP contribution in [0.2, 0.25) is 0 Å². The molecule has 2 aromatic rings. The Morgan fingerprint density at radius 2 is 1.90 bits per heavy atom. The fourth-order valence-corrected chi connectivity index (χ4v) is 6.10. The van der Waals surface area contributed by atoms with Crippen molar-refractivity contribution in [2.24, 2.45) is 0 Å². The van der Waals surface area contributed by atoms with E-state index in [1.54, 1.807) is 6.07 Å². The lowest BCUT2D eigenvalue weighted by molar-refractivity contribution is 0.188. The predicted octanol–water partition coefficient (Wildman–Crippen LogP) is 3.59. The second-order valence-electron chi connectivity index (χ2n) is 7.66. The van der Waals surface area contributed by atoms with Crippen molar-refractivity contribution in [3.8, 4) is 5.75 Å². The Morgan fingerprint density at radius 1 is 1.21 bits per heavy atom. The van der Waals surface area contributed by atoms with Crippen molar-refractivity contribution in [3.63, 3.8) is 0 Å². The van der Waals surface area contributed by atoms with Gasteiger partial charge in [0.05, 0.1) is 18.5 Å². The number of benzene rings is 2. The number of hydrogen-bond donors (Lipinski definition) is 3. The van der Waals surface area contributed by atoms with E-state index < -0.39 is 27.8 Å².